The van der Waals surface area contributed by atoms with Crippen LogP contribution in [-0.2, 0) is 4.79 Å². The SMILES string of the molecule is NC(=O)C(O)CNC(=O)c1cc(F)c(F)cc1Cl. The van der Waals surface area contributed by atoms with Crippen LogP contribution in [0, 0.1) is 11.6 Å². The second kappa shape index (κ2) is 5.74. The van der Waals surface area contributed by atoms with Gasteiger partial charge in [-0.1, -0.05) is 11.6 Å². The van der Waals surface area contributed by atoms with Gasteiger partial charge in [-0.3, -0.25) is 9.59 Å². The maximum atomic E-state index is 12.9. The van der Waals surface area contributed by atoms with E-state index in [9.17, 15) is 18.4 Å². The van der Waals surface area contributed by atoms with Crippen molar-refractivity contribution in [2.45, 2.75) is 6.10 Å². The van der Waals surface area contributed by atoms with Gasteiger partial charge in [0.2, 0.25) is 5.91 Å². The molecule has 0 heterocycles. The molecule has 0 saturated carbocycles. The summed E-state index contributed by atoms with van der Waals surface area (Å²) in [4.78, 5) is 22.0. The molecule has 0 aliphatic heterocycles. The third kappa shape index (κ3) is 3.38. The Morgan fingerprint density at radius 1 is 1.39 bits per heavy atom. The van der Waals surface area contributed by atoms with Gasteiger partial charge in [-0.25, -0.2) is 8.78 Å². The Hall–Kier alpha value is -1.73. The Kier molecular flexibility index (Phi) is 4.57. The van der Waals surface area contributed by atoms with Crippen LogP contribution in [0.5, 0.6) is 0 Å². The molecule has 2 amide bonds. The summed E-state index contributed by atoms with van der Waals surface area (Å²) in [6, 6.07) is 1.26. The molecule has 1 unspecified atom stereocenters. The van der Waals surface area contributed by atoms with Gasteiger partial charge in [-0.05, 0) is 12.1 Å². The number of rotatable bonds is 4. The van der Waals surface area contributed by atoms with Crippen molar-refractivity contribution >= 4 is 23.4 Å². The van der Waals surface area contributed by atoms with E-state index in [1.807, 2.05) is 0 Å². The van der Waals surface area contributed by atoms with Crippen molar-refractivity contribution in [2.24, 2.45) is 5.73 Å². The van der Waals surface area contributed by atoms with Gasteiger partial charge in [0.25, 0.3) is 5.91 Å². The van der Waals surface area contributed by atoms with E-state index in [0.717, 1.165) is 0 Å². The normalized spacial score (nSPS) is 12.0. The van der Waals surface area contributed by atoms with Gasteiger partial charge in [0, 0.05) is 0 Å². The minimum absolute atomic E-state index is 0.292. The standard InChI is InChI=1S/C10H9ClF2N2O3/c11-5-2-7(13)6(12)1-4(5)10(18)15-3-8(16)9(14)17/h1-2,8,16H,3H2,(H2,14,17)(H,15,18). The molecule has 0 bridgehead atoms. The summed E-state index contributed by atoms with van der Waals surface area (Å²) in [5, 5.41) is 10.8. The van der Waals surface area contributed by atoms with E-state index in [-0.39, 0.29) is 10.6 Å². The van der Waals surface area contributed by atoms with Crippen LogP contribution in [0.25, 0.3) is 0 Å². The number of nitrogens with two attached hydrogens (primary N) is 1. The average Bonchev–Trinajstić information content (AvgIpc) is 2.30. The number of hydrogen-bond donors (Lipinski definition) is 3. The molecule has 0 spiro atoms. The summed E-state index contributed by atoms with van der Waals surface area (Å²) < 4.78 is 25.7. The highest BCUT2D eigenvalue weighted by atomic mass is 35.5. The number of carbonyl (C=O) groups excluding carboxylic acids is 2. The van der Waals surface area contributed by atoms with Gasteiger partial charge >= 0.3 is 0 Å². The molecule has 0 saturated heterocycles. The number of benzene rings is 1. The lowest BCUT2D eigenvalue weighted by Crippen LogP contribution is -2.40. The van der Waals surface area contributed by atoms with Gasteiger partial charge in [0.1, 0.15) is 6.10 Å². The first-order valence-electron chi connectivity index (χ1n) is 4.73. The molecule has 0 radical (unpaired) electrons. The van der Waals surface area contributed by atoms with Gasteiger partial charge in [0.05, 0.1) is 17.1 Å². The molecule has 1 aromatic carbocycles. The Morgan fingerprint density at radius 2 is 1.94 bits per heavy atom. The molecule has 18 heavy (non-hydrogen) atoms. The van der Waals surface area contributed by atoms with Crippen LogP contribution in [0.3, 0.4) is 0 Å². The Morgan fingerprint density at radius 3 is 2.50 bits per heavy atom. The molecular weight excluding hydrogens is 270 g/mol. The highest BCUT2D eigenvalue weighted by Crippen LogP contribution is 2.19. The second-order valence-corrected chi connectivity index (χ2v) is 3.78. The predicted molar refractivity (Wildman–Crippen MR) is 58.9 cm³/mol. The van der Waals surface area contributed by atoms with Crippen molar-refractivity contribution < 1.29 is 23.5 Å². The van der Waals surface area contributed by atoms with Crippen molar-refractivity contribution in [3.05, 3.63) is 34.4 Å². The van der Waals surface area contributed by atoms with Gasteiger partial charge in [-0.15, -0.1) is 0 Å². The monoisotopic (exact) mass is 278 g/mol. The van der Waals surface area contributed by atoms with E-state index in [0.29, 0.717) is 12.1 Å². The fraction of sp³-hybridized carbons (Fsp3) is 0.200. The second-order valence-electron chi connectivity index (χ2n) is 3.37. The van der Waals surface area contributed by atoms with E-state index < -0.39 is 36.1 Å². The lowest BCUT2D eigenvalue weighted by molar-refractivity contribution is -0.125. The minimum atomic E-state index is -1.57. The van der Waals surface area contributed by atoms with Crippen LogP contribution >= 0.6 is 11.6 Å². The smallest absolute Gasteiger partial charge is 0.253 e. The third-order valence-corrected chi connectivity index (χ3v) is 2.35. The summed E-state index contributed by atoms with van der Waals surface area (Å²) in [5.41, 5.74) is 4.45. The number of amides is 2. The van der Waals surface area contributed by atoms with Crippen LogP contribution in [0.15, 0.2) is 12.1 Å². The van der Waals surface area contributed by atoms with Crippen LogP contribution in [0.2, 0.25) is 5.02 Å². The van der Waals surface area contributed by atoms with Crippen LogP contribution in [0.4, 0.5) is 8.78 Å². The summed E-state index contributed by atoms with van der Waals surface area (Å²) in [5.74, 6) is -4.31. The minimum Gasteiger partial charge on any atom is -0.381 e. The molecule has 0 aliphatic carbocycles. The quantitative estimate of drug-likeness (QED) is 0.687. The molecule has 1 atom stereocenters. The van der Waals surface area contributed by atoms with Crippen molar-refractivity contribution in [3.8, 4) is 0 Å². The van der Waals surface area contributed by atoms with E-state index in [4.69, 9.17) is 22.4 Å². The fourth-order valence-corrected chi connectivity index (χ4v) is 1.32. The molecule has 98 valence electrons. The Balaban J connectivity index is 2.79. The van der Waals surface area contributed by atoms with Crippen molar-refractivity contribution in [3.63, 3.8) is 0 Å². The van der Waals surface area contributed by atoms with Crippen LogP contribution in [0.1, 0.15) is 10.4 Å². The molecule has 1 rings (SSSR count). The van der Waals surface area contributed by atoms with Crippen LogP contribution < -0.4 is 11.1 Å². The number of nitrogens with one attached hydrogen (secondary N) is 1. The Labute approximate surface area is 106 Å². The summed E-state index contributed by atoms with van der Waals surface area (Å²) >= 11 is 5.55. The topological polar surface area (TPSA) is 92.4 Å². The third-order valence-electron chi connectivity index (χ3n) is 2.04. The largest absolute Gasteiger partial charge is 0.381 e. The zero-order valence-corrected chi connectivity index (χ0v) is 9.67. The van der Waals surface area contributed by atoms with Crippen molar-refractivity contribution in [2.75, 3.05) is 6.54 Å². The number of halogens is 3. The highest BCUT2D eigenvalue weighted by molar-refractivity contribution is 6.33. The number of hydrogen-bond acceptors (Lipinski definition) is 3. The van der Waals surface area contributed by atoms with E-state index in [2.05, 4.69) is 5.32 Å². The zero-order valence-electron chi connectivity index (χ0n) is 8.91. The lowest BCUT2D eigenvalue weighted by Gasteiger charge is -2.09. The number of aliphatic hydroxyl groups excluding tert-OH is 1. The summed E-state index contributed by atoms with van der Waals surface area (Å²) in [6.07, 6.45) is -1.57. The zero-order chi connectivity index (χ0) is 13.9. The van der Waals surface area contributed by atoms with Gasteiger partial charge < -0.3 is 16.2 Å². The first-order chi connectivity index (χ1) is 8.32. The molecule has 0 aromatic heterocycles. The van der Waals surface area contributed by atoms with Crippen LogP contribution in [-0.4, -0.2) is 29.6 Å². The fourth-order valence-electron chi connectivity index (χ4n) is 1.08. The summed E-state index contributed by atoms with van der Waals surface area (Å²) in [7, 11) is 0. The predicted octanol–water partition coefficient (Wildman–Crippen LogP) is 0.194. The molecule has 0 fully saturated rings. The first kappa shape index (κ1) is 14.3. The lowest BCUT2D eigenvalue weighted by atomic mass is 10.2. The highest BCUT2D eigenvalue weighted by Gasteiger charge is 2.17. The van der Waals surface area contributed by atoms with E-state index in [1.165, 1.54) is 0 Å². The average molecular weight is 279 g/mol. The number of carbonyl (C=O) groups is 2. The van der Waals surface area contributed by atoms with E-state index >= 15 is 0 Å². The molecule has 1 aromatic rings. The molecular formula is C10H9ClF2N2O3. The molecule has 5 nitrogen and oxygen atoms in total. The maximum Gasteiger partial charge on any atom is 0.253 e. The van der Waals surface area contributed by atoms with E-state index in [1.54, 1.807) is 0 Å². The first-order valence-corrected chi connectivity index (χ1v) is 5.11. The summed E-state index contributed by atoms with van der Waals surface area (Å²) in [6.45, 7) is -0.455. The maximum absolute atomic E-state index is 12.9. The number of primary amides is 1. The van der Waals surface area contributed by atoms with Crippen molar-refractivity contribution in [1.82, 2.24) is 5.32 Å². The Bertz CT molecular complexity index is 496. The van der Waals surface area contributed by atoms with Gasteiger partial charge in [-0.2, -0.15) is 0 Å². The molecule has 0 aliphatic rings. The van der Waals surface area contributed by atoms with Crippen molar-refractivity contribution in [1.29, 1.82) is 0 Å². The molecule has 8 heteroatoms. The van der Waals surface area contributed by atoms with Gasteiger partial charge in [0.15, 0.2) is 11.6 Å². The number of aliphatic hydroxyl groups is 1. The molecule has 4 N–H and O–H groups in total.